The molecule has 0 fully saturated rings. The second-order valence-electron chi connectivity index (χ2n) is 3.17. The topological polar surface area (TPSA) is 38.7 Å². The van der Waals surface area contributed by atoms with Gasteiger partial charge in [0.15, 0.2) is 0 Å². The van der Waals surface area contributed by atoms with Crippen molar-refractivity contribution in [3.05, 3.63) is 0 Å². The summed E-state index contributed by atoms with van der Waals surface area (Å²) in [5.74, 6) is 0. The van der Waals surface area contributed by atoms with Crippen molar-refractivity contribution < 1.29 is 14.6 Å². The van der Waals surface area contributed by atoms with Gasteiger partial charge < -0.3 is 14.6 Å². The summed E-state index contributed by atoms with van der Waals surface area (Å²) >= 11 is 0. The smallest absolute Gasteiger partial charge is 0.106 e. The lowest BCUT2D eigenvalue weighted by atomic mass is 10.2. The molecule has 0 rings (SSSR count). The summed E-state index contributed by atoms with van der Waals surface area (Å²) in [5.41, 5.74) is 0. The predicted molar refractivity (Wildman–Crippen MR) is 52.8 cm³/mol. The van der Waals surface area contributed by atoms with E-state index >= 15 is 0 Å². The molecule has 0 aliphatic rings. The van der Waals surface area contributed by atoms with Gasteiger partial charge in [-0.2, -0.15) is 0 Å². The Kier molecular flexibility index (Phi) is 8.40. The van der Waals surface area contributed by atoms with Crippen molar-refractivity contribution in [3.8, 4) is 0 Å². The third-order valence-corrected chi connectivity index (χ3v) is 1.82. The van der Waals surface area contributed by atoms with Crippen molar-refractivity contribution in [1.82, 2.24) is 0 Å². The van der Waals surface area contributed by atoms with Crippen LogP contribution < -0.4 is 0 Å². The zero-order valence-electron chi connectivity index (χ0n) is 8.95. The average molecular weight is 190 g/mol. The van der Waals surface area contributed by atoms with Gasteiger partial charge >= 0.3 is 0 Å². The van der Waals surface area contributed by atoms with Gasteiger partial charge in [0.2, 0.25) is 0 Å². The maximum Gasteiger partial charge on any atom is 0.106 e. The van der Waals surface area contributed by atoms with Crippen LogP contribution in [-0.2, 0) is 9.47 Å². The number of aliphatic hydroxyl groups is 1. The Bertz CT molecular complexity index is 106. The van der Waals surface area contributed by atoms with Gasteiger partial charge in [0.05, 0.1) is 12.7 Å². The summed E-state index contributed by atoms with van der Waals surface area (Å²) in [7, 11) is 0. The van der Waals surface area contributed by atoms with E-state index in [2.05, 4.69) is 6.92 Å². The molecule has 0 aromatic rings. The lowest BCUT2D eigenvalue weighted by molar-refractivity contribution is -0.0846. The van der Waals surface area contributed by atoms with E-state index in [0.717, 1.165) is 19.4 Å². The van der Waals surface area contributed by atoms with E-state index in [1.165, 1.54) is 0 Å². The van der Waals surface area contributed by atoms with Gasteiger partial charge in [0, 0.05) is 13.2 Å². The minimum Gasteiger partial charge on any atom is -0.394 e. The molecule has 3 nitrogen and oxygen atoms in total. The zero-order chi connectivity index (χ0) is 10.1. The molecule has 0 amide bonds. The van der Waals surface area contributed by atoms with E-state index in [1.54, 1.807) is 0 Å². The highest BCUT2D eigenvalue weighted by Gasteiger charge is 2.16. The highest BCUT2D eigenvalue weighted by molar-refractivity contribution is 4.64. The predicted octanol–water partition coefficient (Wildman–Crippen LogP) is 1.59. The molecule has 0 aromatic carbocycles. The summed E-state index contributed by atoms with van der Waals surface area (Å²) in [4.78, 5) is 0. The molecule has 0 spiro atoms. The van der Waals surface area contributed by atoms with Crippen LogP contribution in [0.25, 0.3) is 0 Å². The van der Waals surface area contributed by atoms with Gasteiger partial charge in [-0.15, -0.1) is 0 Å². The van der Waals surface area contributed by atoms with Crippen molar-refractivity contribution in [1.29, 1.82) is 0 Å². The van der Waals surface area contributed by atoms with Gasteiger partial charge in [-0.1, -0.05) is 13.8 Å². The highest BCUT2D eigenvalue weighted by atomic mass is 16.5. The van der Waals surface area contributed by atoms with Gasteiger partial charge in [-0.05, 0) is 19.8 Å². The third-order valence-electron chi connectivity index (χ3n) is 1.82. The average Bonchev–Trinajstić information content (AvgIpc) is 2.16. The summed E-state index contributed by atoms with van der Waals surface area (Å²) in [6.07, 6.45) is 1.77. The zero-order valence-corrected chi connectivity index (χ0v) is 8.95. The quantitative estimate of drug-likeness (QED) is 0.631. The van der Waals surface area contributed by atoms with Crippen LogP contribution in [0.2, 0.25) is 0 Å². The van der Waals surface area contributed by atoms with Crippen LogP contribution in [0, 0.1) is 0 Å². The molecule has 0 aliphatic heterocycles. The van der Waals surface area contributed by atoms with Gasteiger partial charge in [-0.3, -0.25) is 0 Å². The van der Waals surface area contributed by atoms with E-state index in [0.29, 0.717) is 6.61 Å². The Morgan fingerprint density at radius 2 is 1.62 bits per heavy atom. The molecule has 0 saturated carbocycles. The number of rotatable bonds is 8. The summed E-state index contributed by atoms with van der Waals surface area (Å²) in [5, 5.41) is 9.02. The first-order chi connectivity index (χ1) is 6.26. The molecule has 0 aliphatic carbocycles. The molecule has 2 atom stereocenters. The van der Waals surface area contributed by atoms with E-state index < -0.39 is 0 Å². The summed E-state index contributed by atoms with van der Waals surface area (Å²) in [6, 6.07) is 0. The van der Waals surface area contributed by atoms with Crippen molar-refractivity contribution in [2.24, 2.45) is 0 Å². The molecule has 1 N–H and O–H groups in total. The maximum absolute atomic E-state index is 9.02. The van der Waals surface area contributed by atoms with E-state index in [1.807, 2.05) is 13.8 Å². The summed E-state index contributed by atoms with van der Waals surface area (Å²) in [6.45, 7) is 7.49. The van der Waals surface area contributed by atoms with Crippen LogP contribution in [0.1, 0.15) is 33.6 Å². The molecule has 80 valence electrons. The fourth-order valence-corrected chi connectivity index (χ4v) is 1.02. The lowest BCUT2D eigenvalue weighted by Gasteiger charge is -2.22. The molecule has 0 bridgehead atoms. The van der Waals surface area contributed by atoms with Crippen molar-refractivity contribution in [3.63, 3.8) is 0 Å². The van der Waals surface area contributed by atoms with Crippen LogP contribution >= 0.6 is 0 Å². The van der Waals surface area contributed by atoms with Crippen LogP contribution in [0.4, 0.5) is 0 Å². The Hall–Kier alpha value is -0.120. The molecule has 13 heavy (non-hydrogen) atoms. The fourth-order valence-electron chi connectivity index (χ4n) is 1.02. The van der Waals surface area contributed by atoms with Crippen LogP contribution in [0.3, 0.4) is 0 Å². The molecule has 2 unspecified atom stereocenters. The monoisotopic (exact) mass is 190 g/mol. The van der Waals surface area contributed by atoms with E-state index in [4.69, 9.17) is 14.6 Å². The van der Waals surface area contributed by atoms with E-state index in [9.17, 15) is 0 Å². The number of aliphatic hydroxyl groups excluding tert-OH is 1. The minimum atomic E-state index is -0.175. The Balaban J connectivity index is 3.63. The van der Waals surface area contributed by atoms with Gasteiger partial charge in [-0.25, -0.2) is 0 Å². The first-order valence-electron chi connectivity index (χ1n) is 5.10. The molecule has 0 saturated heterocycles. The van der Waals surface area contributed by atoms with Gasteiger partial charge in [0.1, 0.15) is 6.10 Å². The number of hydrogen-bond donors (Lipinski definition) is 1. The maximum atomic E-state index is 9.02. The second-order valence-corrected chi connectivity index (χ2v) is 3.17. The van der Waals surface area contributed by atoms with Crippen LogP contribution in [0.15, 0.2) is 0 Å². The Labute approximate surface area is 81.0 Å². The van der Waals surface area contributed by atoms with Crippen LogP contribution in [-0.4, -0.2) is 37.1 Å². The van der Waals surface area contributed by atoms with Gasteiger partial charge in [0.25, 0.3) is 0 Å². The minimum absolute atomic E-state index is 0.0171. The first kappa shape index (κ1) is 12.9. The van der Waals surface area contributed by atoms with Crippen molar-refractivity contribution in [2.45, 2.75) is 45.8 Å². The highest BCUT2D eigenvalue weighted by Crippen LogP contribution is 2.04. The normalized spacial score (nSPS) is 15.7. The Morgan fingerprint density at radius 3 is 2.08 bits per heavy atom. The number of ether oxygens (including phenoxy) is 2. The third kappa shape index (κ3) is 6.02. The SMILES string of the molecule is CCCOC(C)C(CO)OCCC. The van der Waals surface area contributed by atoms with Crippen LogP contribution in [0.5, 0.6) is 0 Å². The van der Waals surface area contributed by atoms with E-state index in [-0.39, 0.29) is 18.8 Å². The fraction of sp³-hybridized carbons (Fsp3) is 1.00. The molecule has 0 radical (unpaired) electrons. The number of hydrogen-bond acceptors (Lipinski definition) is 3. The summed E-state index contributed by atoms with van der Waals surface area (Å²) < 4.78 is 10.9. The first-order valence-corrected chi connectivity index (χ1v) is 5.10. The van der Waals surface area contributed by atoms with Crippen molar-refractivity contribution >= 4 is 0 Å². The second kappa shape index (κ2) is 8.48. The molecule has 3 heteroatoms. The standard InChI is InChI=1S/C10H22O3/c1-4-6-12-9(3)10(8-11)13-7-5-2/h9-11H,4-8H2,1-3H3. The molecular weight excluding hydrogens is 168 g/mol. The largest absolute Gasteiger partial charge is 0.394 e. The lowest BCUT2D eigenvalue weighted by Crippen LogP contribution is -2.33. The molecule has 0 heterocycles. The Morgan fingerprint density at radius 1 is 1.08 bits per heavy atom. The molecule has 0 aromatic heterocycles. The molecular formula is C10H22O3. The van der Waals surface area contributed by atoms with Crippen molar-refractivity contribution in [2.75, 3.05) is 19.8 Å².